The number of para-hydroxylation sites is 1. The molecule has 0 bridgehead atoms. The van der Waals surface area contributed by atoms with Crippen molar-refractivity contribution in [2.75, 3.05) is 11.9 Å². The highest BCUT2D eigenvalue weighted by Gasteiger charge is 2.08. The fourth-order valence-electron chi connectivity index (χ4n) is 2.16. The molecule has 0 atom stereocenters. The Morgan fingerprint density at radius 3 is 2.55 bits per heavy atom. The van der Waals surface area contributed by atoms with Crippen LogP contribution in [0.25, 0.3) is 0 Å². The Bertz CT molecular complexity index is 640. The van der Waals surface area contributed by atoms with Crippen molar-refractivity contribution < 1.29 is 0 Å². The molecule has 0 aliphatic heterocycles. The van der Waals surface area contributed by atoms with Gasteiger partial charge in [0.1, 0.15) is 4.99 Å². The minimum Gasteiger partial charge on any atom is -0.389 e. The second kappa shape index (κ2) is 6.25. The summed E-state index contributed by atoms with van der Waals surface area (Å²) in [5.74, 6) is 0. The lowest BCUT2D eigenvalue weighted by Gasteiger charge is -2.22. The van der Waals surface area contributed by atoms with Crippen molar-refractivity contribution >= 4 is 34.5 Å². The number of aryl methyl sites for hydroxylation is 1. The van der Waals surface area contributed by atoms with Crippen molar-refractivity contribution in [2.45, 2.75) is 13.5 Å². The van der Waals surface area contributed by atoms with E-state index in [1.807, 2.05) is 30.3 Å². The van der Waals surface area contributed by atoms with E-state index >= 15 is 0 Å². The van der Waals surface area contributed by atoms with Crippen LogP contribution in [-0.2, 0) is 6.54 Å². The molecule has 20 heavy (non-hydrogen) atoms. The molecule has 2 aromatic rings. The van der Waals surface area contributed by atoms with Gasteiger partial charge < -0.3 is 10.6 Å². The third kappa shape index (κ3) is 3.30. The van der Waals surface area contributed by atoms with E-state index in [1.54, 1.807) is 0 Å². The molecule has 0 spiro atoms. The molecule has 0 aliphatic carbocycles. The third-order valence-electron chi connectivity index (χ3n) is 3.27. The molecule has 0 heterocycles. The van der Waals surface area contributed by atoms with Crippen LogP contribution in [0.3, 0.4) is 0 Å². The highest BCUT2D eigenvalue weighted by atomic mass is 35.5. The molecule has 2 aromatic carbocycles. The summed E-state index contributed by atoms with van der Waals surface area (Å²) in [5.41, 5.74) is 9.90. The molecule has 0 saturated carbocycles. The molecule has 0 radical (unpaired) electrons. The van der Waals surface area contributed by atoms with Crippen LogP contribution >= 0.6 is 23.8 Å². The number of hydrogen-bond donors (Lipinski definition) is 1. The number of nitrogens with zero attached hydrogens (tertiary/aromatic N) is 1. The van der Waals surface area contributed by atoms with Crippen LogP contribution in [0, 0.1) is 6.92 Å². The van der Waals surface area contributed by atoms with Crippen LogP contribution < -0.4 is 10.6 Å². The molecule has 0 amide bonds. The topological polar surface area (TPSA) is 29.3 Å². The van der Waals surface area contributed by atoms with E-state index in [-0.39, 0.29) is 0 Å². The van der Waals surface area contributed by atoms with Crippen LogP contribution in [0.15, 0.2) is 42.5 Å². The zero-order valence-electron chi connectivity index (χ0n) is 11.6. The van der Waals surface area contributed by atoms with Crippen molar-refractivity contribution in [2.24, 2.45) is 5.73 Å². The average Bonchev–Trinajstić information content (AvgIpc) is 2.41. The molecule has 0 saturated heterocycles. The van der Waals surface area contributed by atoms with E-state index in [9.17, 15) is 0 Å². The van der Waals surface area contributed by atoms with Gasteiger partial charge in [-0.15, -0.1) is 0 Å². The maximum atomic E-state index is 6.30. The van der Waals surface area contributed by atoms with Crippen LogP contribution in [-0.4, -0.2) is 12.0 Å². The van der Waals surface area contributed by atoms with Gasteiger partial charge in [0.05, 0.1) is 0 Å². The van der Waals surface area contributed by atoms with Crippen LogP contribution in [0.4, 0.5) is 5.69 Å². The number of anilines is 1. The lowest BCUT2D eigenvalue weighted by atomic mass is 10.1. The zero-order valence-corrected chi connectivity index (χ0v) is 13.1. The van der Waals surface area contributed by atoms with Crippen molar-refractivity contribution in [1.82, 2.24) is 0 Å². The molecule has 0 fully saturated rings. The zero-order chi connectivity index (χ0) is 14.7. The minimum absolute atomic E-state index is 0.366. The number of nitrogens with two attached hydrogens (primary N) is 1. The molecular weight excluding hydrogens is 288 g/mol. The summed E-state index contributed by atoms with van der Waals surface area (Å²) in [6, 6.07) is 14.0. The first kappa shape index (κ1) is 14.8. The van der Waals surface area contributed by atoms with Gasteiger partial charge in [-0.25, -0.2) is 0 Å². The largest absolute Gasteiger partial charge is 0.389 e. The fraction of sp³-hybridized carbons (Fsp3) is 0.188. The Kier molecular flexibility index (Phi) is 4.63. The summed E-state index contributed by atoms with van der Waals surface area (Å²) < 4.78 is 0. The summed E-state index contributed by atoms with van der Waals surface area (Å²) in [6.45, 7) is 2.84. The van der Waals surface area contributed by atoms with E-state index in [1.165, 1.54) is 11.3 Å². The van der Waals surface area contributed by atoms with E-state index < -0.39 is 0 Å². The van der Waals surface area contributed by atoms with Crippen molar-refractivity contribution in [3.63, 3.8) is 0 Å². The first-order valence-electron chi connectivity index (χ1n) is 6.34. The van der Waals surface area contributed by atoms with Gasteiger partial charge in [0.25, 0.3) is 0 Å². The number of hydrogen-bond acceptors (Lipinski definition) is 2. The van der Waals surface area contributed by atoms with Crippen LogP contribution in [0.5, 0.6) is 0 Å². The Balaban J connectivity index is 2.22. The number of rotatable bonds is 4. The lowest BCUT2D eigenvalue weighted by molar-refractivity contribution is 0.917. The third-order valence-corrected chi connectivity index (χ3v) is 3.86. The molecule has 0 aromatic heterocycles. The molecule has 0 aliphatic rings. The maximum Gasteiger partial charge on any atom is 0.104 e. The first-order chi connectivity index (χ1) is 9.49. The van der Waals surface area contributed by atoms with Crippen molar-refractivity contribution in [3.8, 4) is 0 Å². The van der Waals surface area contributed by atoms with Gasteiger partial charge >= 0.3 is 0 Å². The summed E-state index contributed by atoms with van der Waals surface area (Å²) in [6.07, 6.45) is 0. The van der Waals surface area contributed by atoms with Gasteiger partial charge in [-0.2, -0.15) is 0 Å². The molecule has 0 unspecified atom stereocenters. The summed E-state index contributed by atoms with van der Waals surface area (Å²) in [5, 5.41) is 0.690. The van der Waals surface area contributed by atoms with Crippen LogP contribution in [0.2, 0.25) is 5.02 Å². The van der Waals surface area contributed by atoms with Crippen molar-refractivity contribution in [3.05, 3.63) is 64.2 Å². The highest BCUT2D eigenvalue weighted by Crippen LogP contribution is 2.24. The predicted molar refractivity (Wildman–Crippen MR) is 90.6 cm³/mol. The van der Waals surface area contributed by atoms with Crippen LogP contribution in [0.1, 0.15) is 16.7 Å². The van der Waals surface area contributed by atoms with Gasteiger partial charge in [-0.3, -0.25) is 0 Å². The SMILES string of the molecule is Cc1ccccc1N(C)Cc1ccc(C(N)=S)cc1Cl. The summed E-state index contributed by atoms with van der Waals surface area (Å²) in [7, 11) is 2.06. The molecule has 2 nitrogen and oxygen atoms in total. The molecule has 104 valence electrons. The number of benzene rings is 2. The van der Waals surface area contributed by atoms with Gasteiger partial charge in [0.15, 0.2) is 0 Å². The van der Waals surface area contributed by atoms with Gasteiger partial charge in [0, 0.05) is 29.9 Å². The van der Waals surface area contributed by atoms with E-state index in [0.29, 0.717) is 10.0 Å². The van der Waals surface area contributed by atoms with Gasteiger partial charge in [-0.05, 0) is 30.2 Å². The van der Waals surface area contributed by atoms with E-state index in [0.717, 1.165) is 17.7 Å². The fourth-order valence-corrected chi connectivity index (χ4v) is 2.53. The maximum absolute atomic E-state index is 6.30. The van der Waals surface area contributed by atoms with E-state index in [4.69, 9.17) is 29.6 Å². The summed E-state index contributed by atoms with van der Waals surface area (Å²) in [4.78, 5) is 2.54. The van der Waals surface area contributed by atoms with Crippen molar-refractivity contribution in [1.29, 1.82) is 0 Å². The quantitative estimate of drug-likeness (QED) is 0.868. The van der Waals surface area contributed by atoms with E-state index in [2.05, 4.69) is 31.0 Å². The standard InChI is InChI=1S/C16H17ClN2S/c1-11-5-3-4-6-15(11)19(2)10-13-8-7-12(16(18)20)9-14(13)17/h3-9H,10H2,1-2H3,(H2,18,20). The Hall–Kier alpha value is -1.58. The Morgan fingerprint density at radius 2 is 1.95 bits per heavy atom. The number of thiocarbonyl (C=S) groups is 1. The molecular formula is C16H17ClN2S. The monoisotopic (exact) mass is 304 g/mol. The molecule has 4 heteroatoms. The highest BCUT2D eigenvalue weighted by molar-refractivity contribution is 7.80. The first-order valence-corrected chi connectivity index (χ1v) is 7.12. The Labute approximate surface area is 130 Å². The summed E-state index contributed by atoms with van der Waals surface area (Å²) >= 11 is 11.3. The second-order valence-electron chi connectivity index (χ2n) is 4.81. The van der Waals surface area contributed by atoms with Gasteiger partial charge in [-0.1, -0.05) is 54.2 Å². The molecule has 2 rings (SSSR count). The minimum atomic E-state index is 0.366. The lowest BCUT2D eigenvalue weighted by Crippen LogP contribution is -2.18. The van der Waals surface area contributed by atoms with Gasteiger partial charge in [0.2, 0.25) is 0 Å². The average molecular weight is 305 g/mol. The normalized spacial score (nSPS) is 10.3. The smallest absolute Gasteiger partial charge is 0.104 e. The second-order valence-corrected chi connectivity index (χ2v) is 5.66. The Morgan fingerprint density at radius 1 is 1.25 bits per heavy atom. The predicted octanol–water partition coefficient (Wildman–Crippen LogP) is 3.92. The number of halogens is 1. The molecule has 2 N–H and O–H groups in total.